The zero-order valence-corrected chi connectivity index (χ0v) is 14.1. The van der Waals surface area contributed by atoms with E-state index < -0.39 is 0 Å². The molecule has 3 fully saturated rings. The summed E-state index contributed by atoms with van der Waals surface area (Å²) >= 11 is 0. The zero-order valence-electron chi connectivity index (χ0n) is 14.1. The lowest BCUT2D eigenvalue weighted by atomic mass is 9.95. The number of carbonyl (C=O) groups is 1. The van der Waals surface area contributed by atoms with Crippen LogP contribution in [0.3, 0.4) is 0 Å². The minimum atomic E-state index is 0.0288. The van der Waals surface area contributed by atoms with Gasteiger partial charge in [-0.1, -0.05) is 12.1 Å². The maximum absolute atomic E-state index is 12.6. The van der Waals surface area contributed by atoms with E-state index in [1.165, 1.54) is 12.8 Å². The van der Waals surface area contributed by atoms with Gasteiger partial charge in [0.15, 0.2) is 0 Å². The molecule has 23 heavy (non-hydrogen) atoms. The number of urea groups is 1. The van der Waals surface area contributed by atoms with Crippen LogP contribution in [0.2, 0.25) is 0 Å². The molecule has 1 aromatic carbocycles. The standard InChI is InChI=1S/C18H27N3O2/c1-14-4-3-5-16(10-14)19-18(22)21-12-15-6-7-17(13-21)20(11-15)8-9-23-2/h3-5,10,15,17H,6-9,11-13H2,1-2H3,(H,19,22)/t15-,17-/m1/s1. The molecule has 0 aromatic heterocycles. The molecule has 0 unspecified atom stereocenters. The Labute approximate surface area is 138 Å². The van der Waals surface area contributed by atoms with E-state index in [0.29, 0.717) is 12.0 Å². The van der Waals surface area contributed by atoms with E-state index in [-0.39, 0.29) is 6.03 Å². The number of rotatable bonds is 4. The van der Waals surface area contributed by atoms with Crippen molar-refractivity contribution < 1.29 is 9.53 Å². The van der Waals surface area contributed by atoms with E-state index in [4.69, 9.17) is 4.74 Å². The first-order valence-corrected chi connectivity index (χ1v) is 8.51. The van der Waals surface area contributed by atoms with Crippen molar-refractivity contribution >= 4 is 11.7 Å². The van der Waals surface area contributed by atoms with Gasteiger partial charge in [-0.05, 0) is 43.4 Å². The first kappa shape index (κ1) is 16.3. The summed E-state index contributed by atoms with van der Waals surface area (Å²) < 4.78 is 5.22. The summed E-state index contributed by atoms with van der Waals surface area (Å²) in [5.74, 6) is 0.578. The Bertz CT molecular complexity index is 549. The molecular weight excluding hydrogens is 290 g/mol. The van der Waals surface area contributed by atoms with Gasteiger partial charge < -0.3 is 15.0 Å². The highest BCUT2D eigenvalue weighted by Crippen LogP contribution is 2.28. The van der Waals surface area contributed by atoms with Gasteiger partial charge in [0.25, 0.3) is 0 Å². The smallest absolute Gasteiger partial charge is 0.321 e. The summed E-state index contributed by atoms with van der Waals surface area (Å²) in [5.41, 5.74) is 2.03. The molecule has 0 aliphatic carbocycles. The second-order valence-corrected chi connectivity index (χ2v) is 6.79. The first-order valence-electron chi connectivity index (χ1n) is 8.51. The molecule has 2 atom stereocenters. The van der Waals surface area contributed by atoms with E-state index in [0.717, 1.165) is 44.0 Å². The number of benzene rings is 1. The molecule has 3 aliphatic rings. The second-order valence-electron chi connectivity index (χ2n) is 6.79. The number of carbonyl (C=O) groups excluding carboxylic acids is 1. The lowest BCUT2D eigenvalue weighted by molar-refractivity contribution is 0.0876. The van der Waals surface area contributed by atoms with Gasteiger partial charge in [-0.15, -0.1) is 0 Å². The van der Waals surface area contributed by atoms with Crippen LogP contribution in [0.15, 0.2) is 24.3 Å². The summed E-state index contributed by atoms with van der Waals surface area (Å²) in [6.07, 6.45) is 2.41. The van der Waals surface area contributed by atoms with Crippen LogP contribution in [0, 0.1) is 12.8 Å². The number of fused-ring (bicyclic) bond motifs is 4. The molecule has 5 nitrogen and oxygen atoms in total. The fraction of sp³-hybridized carbons (Fsp3) is 0.611. The van der Waals surface area contributed by atoms with Crippen LogP contribution in [-0.2, 0) is 4.74 Å². The van der Waals surface area contributed by atoms with Gasteiger partial charge >= 0.3 is 6.03 Å². The van der Waals surface area contributed by atoms with Crippen molar-refractivity contribution in [3.63, 3.8) is 0 Å². The van der Waals surface area contributed by atoms with Crippen LogP contribution in [-0.4, -0.2) is 61.8 Å². The average molecular weight is 317 g/mol. The van der Waals surface area contributed by atoms with Crippen molar-refractivity contribution in [1.29, 1.82) is 0 Å². The number of anilines is 1. The predicted octanol–water partition coefficient (Wildman–Crippen LogP) is 2.57. The third-order valence-electron chi connectivity index (χ3n) is 4.97. The highest BCUT2D eigenvalue weighted by Gasteiger charge is 2.36. The second kappa shape index (κ2) is 7.32. The molecule has 126 valence electrons. The van der Waals surface area contributed by atoms with Crippen molar-refractivity contribution in [2.75, 3.05) is 45.2 Å². The van der Waals surface area contributed by atoms with Crippen LogP contribution in [0.4, 0.5) is 10.5 Å². The van der Waals surface area contributed by atoms with Gasteiger partial charge in [0.05, 0.1) is 6.61 Å². The maximum Gasteiger partial charge on any atom is 0.321 e. The van der Waals surface area contributed by atoms with Crippen molar-refractivity contribution in [1.82, 2.24) is 9.80 Å². The number of hydrogen-bond donors (Lipinski definition) is 1. The highest BCUT2D eigenvalue weighted by molar-refractivity contribution is 5.89. The highest BCUT2D eigenvalue weighted by atomic mass is 16.5. The largest absolute Gasteiger partial charge is 0.383 e. The minimum absolute atomic E-state index is 0.0288. The van der Waals surface area contributed by atoms with Crippen molar-refractivity contribution in [3.05, 3.63) is 29.8 Å². The Morgan fingerprint density at radius 2 is 2.17 bits per heavy atom. The summed E-state index contributed by atoms with van der Waals surface area (Å²) in [5, 5.41) is 3.05. The fourth-order valence-corrected chi connectivity index (χ4v) is 3.75. The van der Waals surface area contributed by atoms with Crippen molar-refractivity contribution in [3.8, 4) is 0 Å². The van der Waals surface area contributed by atoms with Gasteiger partial charge in [0, 0.05) is 45.0 Å². The number of ether oxygens (including phenoxy) is 1. The summed E-state index contributed by atoms with van der Waals surface area (Å²) in [6.45, 7) is 6.52. The Morgan fingerprint density at radius 3 is 2.96 bits per heavy atom. The molecule has 2 amide bonds. The molecule has 0 saturated carbocycles. The van der Waals surface area contributed by atoms with E-state index in [9.17, 15) is 4.79 Å². The van der Waals surface area contributed by atoms with E-state index in [1.807, 2.05) is 36.1 Å². The topological polar surface area (TPSA) is 44.8 Å². The summed E-state index contributed by atoms with van der Waals surface area (Å²) in [4.78, 5) is 17.1. The molecule has 1 N–H and O–H groups in total. The van der Waals surface area contributed by atoms with Gasteiger partial charge in [0.1, 0.15) is 0 Å². The number of piperidine rings is 1. The first-order chi connectivity index (χ1) is 11.2. The average Bonchev–Trinajstić information content (AvgIpc) is 2.84. The van der Waals surface area contributed by atoms with E-state index in [2.05, 4.69) is 10.2 Å². The van der Waals surface area contributed by atoms with Crippen LogP contribution in [0.1, 0.15) is 18.4 Å². The SMILES string of the molecule is COCCN1C[C@H]2CC[C@@H]1CN(C(=O)Nc1cccc(C)c1)C2. The molecule has 5 heteroatoms. The number of nitrogens with one attached hydrogen (secondary N) is 1. The number of amides is 2. The van der Waals surface area contributed by atoms with Gasteiger partial charge in [-0.3, -0.25) is 4.90 Å². The van der Waals surface area contributed by atoms with Crippen LogP contribution < -0.4 is 5.32 Å². The molecule has 3 saturated heterocycles. The van der Waals surface area contributed by atoms with Crippen LogP contribution >= 0.6 is 0 Å². The van der Waals surface area contributed by atoms with Crippen molar-refractivity contribution in [2.45, 2.75) is 25.8 Å². The molecule has 1 aromatic rings. The van der Waals surface area contributed by atoms with Crippen LogP contribution in [0.25, 0.3) is 0 Å². The monoisotopic (exact) mass is 317 g/mol. The third-order valence-corrected chi connectivity index (χ3v) is 4.97. The van der Waals surface area contributed by atoms with Gasteiger partial charge in [-0.2, -0.15) is 0 Å². The predicted molar refractivity (Wildman–Crippen MR) is 91.7 cm³/mol. The molecule has 0 radical (unpaired) electrons. The van der Waals surface area contributed by atoms with E-state index in [1.54, 1.807) is 7.11 Å². The summed E-state index contributed by atoms with van der Waals surface area (Å²) in [7, 11) is 1.75. The Balaban J connectivity index is 1.63. The lowest BCUT2D eigenvalue weighted by Crippen LogP contribution is -2.46. The number of aryl methyl sites for hydroxylation is 1. The Morgan fingerprint density at radius 1 is 1.30 bits per heavy atom. The van der Waals surface area contributed by atoms with Gasteiger partial charge in [0.2, 0.25) is 0 Å². The third kappa shape index (κ3) is 4.03. The van der Waals surface area contributed by atoms with Gasteiger partial charge in [-0.25, -0.2) is 4.79 Å². The Kier molecular flexibility index (Phi) is 5.18. The molecule has 0 spiro atoms. The zero-order chi connectivity index (χ0) is 16.2. The molecule has 2 bridgehead atoms. The minimum Gasteiger partial charge on any atom is -0.383 e. The lowest BCUT2D eigenvalue weighted by Gasteiger charge is -2.35. The molecule has 3 aliphatic heterocycles. The fourth-order valence-electron chi connectivity index (χ4n) is 3.75. The summed E-state index contributed by atoms with van der Waals surface area (Å²) in [6, 6.07) is 8.46. The number of hydrogen-bond acceptors (Lipinski definition) is 3. The maximum atomic E-state index is 12.6. The van der Waals surface area contributed by atoms with Crippen molar-refractivity contribution in [2.24, 2.45) is 5.92 Å². The Hall–Kier alpha value is -1.59. The quantitative estimate of drug-likeness (QED) is 0.928. The number of methoxy groups -OCH3 is 1. The van der Waals surface area contributed by atoms with E-state index >= 15 is 0 Å². The molecule has 4 rings (SSSR count). The molecular formula is C18H27N3O2. The molecule has 3 heterocycles. The number of nitrogens with zero attached hydrogens (tertiary/aromatic N) is 2. The normalized spacial score (nSPS) is 24.5. The van der Waals surface area contributed by atoms with Crippen LogP contribution in [0.5, 0.6) is 0 Å².